The molecule has 2 unspecified atom stereocenters. The molecule has 13 nitrogen and oxygen atoms in total. The summed E-state index contributed by atoms with van der Waals surface area (Å²) < 4.78 is 65.5. The predicted octanol–water partition coefficient (Wildman–Crippen LogP) is 9.16. The number of sulfonamides is 2. The number of aromatic nitrogens is 3. The zero-order valence-corrected chi connectivity index (χ0v) is 38.8. The van der Waals surface area contributed by atoms with Crippen molar-refractivity contribution in [1.82, 2.24) is 24.4 Å². The fourth-order valence-corrected chi connectivity index (χ4v) is 8.63. The number of hydrogen-bond acceptors (Lipinski definition) is 9. The van der Waals surface area contributed by atoms with E-state index in [-0.39, 0.29) is 23.6 Å². The first kappa shape index (κ1) is 47.6. The zero-order valence-electron chi connectivity index (χ0n) is 34.1. The van der Waals surface area contributed by atoms with Gasteiger partial charge in [0.2, 0.25) is 31.4 Å². The van der Waals surface area contributed by atoms with Gasteiger partial charge in [-0.3, -0.25) is 15.0 Å². The van der Waals surface area contributed by atoms with E-state index in [1.54, 1.807) is 56.8 Å². The maximum atomic E-state index is 12.0. The molecule has 2 N–H and O–H groups in total. The second kappa shape index (κ2) is 19.7. The summed E-state index contributed by atoms with van der Waals surface area (Å²) in [6.07, 6.45) is 12.4. The first-order valence-corrected chi connectivity index (χ1v) is 24.2. The number of rotatable bonds is 12. The summed E-state index contributed by atoms with van der Waals surface area (Å²) in [4.78, 5) is 19.2. The van der Waals surface area contributed by atoms with E-state index in [2.05, 4.69) is 50.0 Å². The van der Waals surface area contributed by atoms with Crippen molar-refractivity contribution in [2.45, 2.75) is 90.5 Å². The molecule has 19 heteroatoms. The number of halogens is 3. The van der Waals surface area contributed by atoms with Crippen LogP contribution in [-0.4, -0.2) is 61.6 Å². The molecule has 7 rings (SSSR count). The van der Waals surface area contributed by atoms with Gasteiger partial charge in [0.15, 0.2) is 0 Å². The monoisotopic (exact) mass is 957 g/mol. The molecule has 2 atom stereocenters. The van der Waals surface area contributed by atoms with E-state index in [9.17, 15) is 16.8 Å². The Morgan fingerprint density at radius 3 is 1.70 bits per heavy atom. The predicted molar refractivity (Wildman–Crippen MR) is 240 cm³/mol. The van der Waals surface area contributed by atoms with Gasteiger partial charge < -0.3 is 9.31 Å². The summed E-state index contributed by atoms with van der Waals surface area (Å²) in [7, 11) is -7.02. The van der Waals surface area contributed by atoms with E-state index >= 15 is 0 Å². The lowest BCUT2D eigenvalue weighted by Gasteiger charge is -2.32. The highest BCUT2D eigenvalue weighted by Crippen LogP contribution is 2.43. The van der Waals surface area contributed by atoms with Crippen molar-refractivity contribution in [1.29, 1.82) is 0 Å². The molecule has 0 amide bonds. The quantitative estimate of drug-likeness (QED) is 0.104. The summed E-state index contributed by atoms with van der Waals surface area (Å²) in [5.41, 5.74) is 3.97. The highest BCUT2D eigenvalue weighted by molar-refractivity contribution is 9.10. The Kier molecular flexibility index (Phi) is 15.6. The zero-order chi connectivity index (χ0) is 44.0. The molecule has 3 fully saturated rings. The first-order valence-electron chi connectivity index (χ1n) is 19.3. The molecule has 2 saturated carbocycles. The first-order chi connectivity index (χ1) is 28.2. The second-order valence-corrected chi connectivity index (χ2v) is 21.5. The second-order valence-electron chi connectivity index (χ2n) is 15.7. The Bertz CT molecular complexity index is 2480. The Morgan fingerprint density at radius 2 is 1.25 bits per heavy atom. The summed E-state index contributed by atoms with van der Waals surface area (Å²) >= 11 is 15.5. The number of pyridine rings is 3. The normalized spacial score (nSPS) is 17.8. The van der Waals surface area contributed by atoms with E-state index in [0.29, 0.717) is 38.8 Å². The van der Waals surface area contributed by atoms with Crippen LogP contribution in [0.1, 0.15) is 90.4 Å². The van der Waals surface area contributed by atoms with Crippen LogP contribution >= 0.6 is 39.1 Å². The van der Waals surface area contributed by atoms with Gasteiger partial charge in [0.1, 0.15) is 0 Å². The Morgan fingerprint density at radius 1 is 0.750 bits per heavy atom. The van der Waals surface area contributed by atoms with Crippen molar-refractivity contribution in [3.05, 3.63) is 116 Å². The minimum atomic E-state index is -3.30. The lowest BCUT2D eigenvalue weighted by atomic mass is 9.84. The van der Waals surface area contributed by atoms with E-state index < -0.39 is 38.4 Å². The number of nitrogens with one attached hydrogen (secondary N) is 2. The summed E-state index contributed by atoms with van der Waals surface area (Å²) in [6, 6.07) is 10.3. The minimum absolute atomic E-state index is 0.0526. The van der Waals surface area contributed by atoms with Gasteiger partial charge >= 0.3 is 7.12 Å². The Balaban J connectivity index is 0.000000175. The van der Waals surface area contributed by atoms with Crippen molar-refractivity contribution in [2.75, 3.05) is 11.5 Å². The molecule has 0 bridgehead atoms. The van der Waals surface area contributed by atoms with Crippen LogP contribution in [-0.2, 0) is 29.4 Å². The standard InChI is InChI=1S/C18H18ClN3O2S.C12H14BClN2O2.C11H15BrN2O2S/c1-3-25(23,24)22-18(12-4-5-12)15-8-14(10-21-11-15)13-6-7-17(20-2)16(19)9-13;1-11(2)12(3,4)18-13(17-11)10-6-8(14)9(15-5)7-16-10;1-2-17(15,16)14-11(8-3-4-8)9-5-10(12)7-13-6-9/h6-12,18,22H,3-5H2,1H3;6-7H,1-4H3;5-8,11,14H,2-4H2,1H3. The highest BCUT2D eigenvalue weighted by atomic mass is 79.9. The van der Waals surface area contributed by atoms with E-state index in [4.69, 9.17) is 45.7 Å². The number of benzene rings is 1. The lowest BCUT2D eigenvalue weighted by Crippen LogP contribution is -2.41. The summed E-state index contributed by atoms with van der Waals surface area (Å²) in [5.74, 6) is 0.883. The van der Waals surface area contributed by atoms with Crippen LogP contribution in [0.5, 0.6) is 0 Å². The van der Waals surface area contributed by atoms with Gasteiger partial charge in [-0.25, -0.2) is 36.0 Å². The van der Waals surface area contributed by atoms with Crippen molar-refractivity contribution < 1.29 is 26.1 Å². The topological polar surface area (TPSA) is 158 Å². The number of hydrogen-bond donors (Lipinski definition) is 2. The lowest BCUT2D eigenvalue weighted by molar-refractivity contribution is 0.00578. The third-order valence-electron chi connectivity index (χ3n) is 10.6. The van der Waals surface area contributed by atoms with E-state index in [1.165, 1.54) is 6.20 Å². The van der Waals surface area contributed by atoms with Gasteiger partial charge in [-0.1, -0.05) is 35.3 Å². The van der Waals surface area contributed by atoms with Gasteiger partial charge in [0.05, 0.1) is 53.5 Å². The molecule has 3 aliphatic rings. The maximum Gasteiger partial charge on any atom is 0.514 e. The van der Waals surface area contributed by atoms with Crippen molar-refractivity contribution in [3.63, 3.8) is 0 Å². The molecule has 1 aromatic carbocycles. The van der Waals surface area contributed by atoms with E-state index in [0.717, 1.165) is 52.4 Å². The molecule has 60 heavy (non-hydrogen) atoms. The van der Waals surface area contributed by atoms with Crippen molar-refractivity contribution >= 4 is 83.3 Å². The molecule has 0 spiro atoms. The van der Waals surface area contributed by atoms with Crippen LogP contribution in [0.3, 0.4) is 0 Å². The average Bonchev–Trinajstić information content (AvgIpc) is 4.15. The minimum Gasteiger partial charge on any atom is -0.398 e. The van der Waals surface area contributed by atoms with Crippen LogP contribution in [0.4, 0.5) is 11.4 Å². The van der Waals surface area contributed by atoms with Crippen molar-refractivity contribution in [3.8, 4) is 11.1 Å². The molecule has 4 aromatic rings. The molecule has 1 aliphatic heterocycles. The molecule has 3 aromatic heterocycles. The van der Waals surface area contributed by atoms with Gasteiger partial charge in [-0.15, -0.1) is 0 Å². The fourth-order valence-electron chi connectivity index (χ4n) is 6.06. The third kappa shape index (κ3) is 12.6. The van der Waals surface area contributed by atoms with Gasteiger partial charge in [-0.05, 0) is 136 Å². The summed E-state index contributed by atoms with van der Waals surface area (Å²) in [5, 5.41) is 0.757. The maximum absolute atomic E-state index is 12.0. The molecule has 1 saturated heterocycles. The third-order valence-corrected chi connectivity index (χ3v) is 14.4. The Hall–Kier alpha value is -3.49. The van der Waals surface area contributed by atoms with Gasteiger partial charge in [0, 0.05) is 51.1 Å². The smallest absolute Gasteiger partial charge is 0.398 e. The van der Waals surface area contributed by atoms with Gasteiger partial charge in [-0.2, -0.15) is 0 Å². The SMILES string of the molecule is CCS(=O)(=O)NC(c1cncc(Br)c1)C1CC1.[C-]#[N+]c1ccc(-c2cncc(C(NS(=O)(=O)CC)C3CC3)c2)cc1Cl.[C-]#[N+]c1cnc(B2OC(C)(C)C(C)(C)O2)cc1Cl. The molecule has 0 radical (unpaired) electrons. The average molecular weight is 960 g/mol. The number of nitrogens with zero attached hydrogens (tertiary/aromatic N) is 5. The molecular weight excluding hydrogens is 912 g/mol. The Labute approximate surface area is 372 Å². The highest BCUT2D eigenvalue weighted by Gasteiger charge is 2.52. The van der Waals surface area contributed by atoms with Crippen LogP contribution < -0.4 is 15.0 Å². The van der Waals surface area contributed by atoms with Gasteiger partial charge in [0.25, 0.3) is 0 Å². The molecule has 318 valence electrons. The van der Waals surface area contributed by atoms with Crippen LogP contribution in [0.25, 0.3) is 20.8 Å². The molecular formula is C41H47BBrCl2N7O6S2. The largest absolute Gasteiger partial charge is 0.514 e. The van der Waals surface area contributed by atoms with Crippen LogP contribution in [0.2, 0.25) is 10.0 Å². The fraction of sp³-hybridized carbons (Fsp3) is 0.439. The van der Waals surface area contributed by atoms with Crippen LogP contribution in [0.15, 0.2) is 71.9 Å². The van der Waals surface area contributed by atoms with E-state index in [1.807, 2.05) is 45.9 Å². The molecule has 4 heterocycles. The molecule has 2 aliphatic carbocycles. The van der Waals surface area contributed by atoms with Crippen LogP contribution in [0, 0.1) is 25.0 Å². The summed E-state index contributed by atoms with van der Waals surface area (Å²) in [6.45, 7) is 25.2. The van der Waals surface area contributed by atoms with Crippen molar-refractivity contribution in [2.24, 2.45) is 11.8 Å².